The summed E-state index contributed by atoms with van der Waals surface area (Å²) in [6.45, 7) is 4.35. The Morgan fingerprint density at radius 3 is 2.33 bits per heavy atom. The lowest BCUT2D eigenvalue weighted by Crippen LogP contribution is -3.05. The zero-order chi connectivity index (χ0) is 22.4. The van der Waals surface area contributed by atoms with Gasteiger partial charge in [0.1, 0.15) is 17.9 Å². The number of aromatic nitrogens is 1. The number of allylic oxidation sites excluding steroid dienone is 2. The molecule has 160 valence electrons. The number of hydrogen-bond donors (Lipinski definition) is 2. The highest BCUT2D eigenvalue weighted by atomic mass is 15.2. The molecule has 0 radical (unpaired) electrons. The zero-order valence-corrected chi connectivity index (χ0v) is 19.0. The first-order chi connectivity index (χ1) is 16.2. The molecular weight excluding hydrogens is 400 g/mol. The standard InChI is InChI=1S/C31H26N2/c1-21-16-22(2)18-25(17-21)23-13-15-33-30(19-23)26-9-4-3-8-24(26)20-31(33)28-11-6-5-10-27(28)29-12-7-14-32-29/h3-20,30,32H,1-2H3/p+1. The minimum absolute atomic E-state index is 0.235. The van der Waals surface area contributed by atoms with Crippen molar-refractivity contribution in [3.63, 3.8) is 0 Å². The molecule has 2 nitrogen and oxygen atoms in total. The minimum Gasteiger partial charge on any atom is -0.361 e. The van der Waals surface area contributed by atoms with E-state index in [0.29, 0.717) is 0 Å². The Balaban J connectivity index is 1.51. The number of benzene rings is 3. The monoisotopic (exact) mass is 427 g/mol. The SMILES string of the molecule is Cc1cc(C)cc(C2=CC3c4ccccc4C=C(c4ccccc4-c4ccc[nH]4)[NH+]3C=C2)c1. The first-order valence-corrected chi connectivity index (χ1v) is 11.6. The first-order valence-electron chi connectivity index (χ1n) is 11.6. The molecule has 4 aromatic rings. The Kier molecular flexibility index (Phi) is 4.74. The van der Waals surface area contributed by atoms with Crippen molar-refractivity contribution in [3.05, 3.63) is 137 Å². The van der Waals surface area contributed by atoms with Crippen molar-refractivity contribution in [2.75, 3.05) is 0 Å². The van der Waals surface area contributed by atoms with E-state index in [9.17, 15) is 0 Å². The van der Waals surface area contributed by atoms with Crippen LogP contribution in [0.15, 0.2) is 103 Å². The molecule has 0 amide bonds. The third kappa shape index (κ3) is 3.49. The van der Waals surface area contributed by atoms with Gasteiger partial charge in [-0.2, -0.15) is 0 Å². The molecular formula is C31H27N2+. The van der Waals surface area contributed by atoms with E-state index in [4.69, 9.17) is 0 Å². The Hall–Kier alpha value is -3.88. The van der Waals surface area contributed by atoms with Crippen molar-refractivity contribution in [1.82, 2.24) is 4.98 Å². The van der Waals surface area contributed by atoms with E-state index < -0.39 is 0 Å². The van der Waals surface area contributed by atoms with Gasteiger partial charge in [-0.15, -0.1) is 0 Å². The summed E-state index contributed by atoms with van der Waals surface area (Å²) in [5.41, 5.74) is 12.8. The van der Waals surface area contributed by atoms with Gasteiger partial charge in [0.2, 0.25) is 0 Å². The number of fused-ring (bicyclic) bond motifs is 3. The molecule has 2 N–H and O–H groups in total. The zero-order valence-electron chi connectivity index (χ0n) is 19.0. The van der Waals surface area contributed by atoms with Gasteiger partial charge in [-0.25, -0.2) is 0 Å². The Morgan fingerprint density at radius 1 is 0.788 bits per heavy atom. The second-order valence-corrected chi connectivity index (χ2v) is 9.08. The number of rotatable bonds is 3. The number of aromatic amines is 1. The van der Waals surface area contributed by atoms with Gasteiger partial charge in [0.15, 0.2) is 0 Å². The van der Waals surface area contributed by atoms with Gasteiger partial charge in [0, 0.05) is 34.7 Å². The van der Waals surface area contributed by atoms with Gasteiger partial charge < -0.3 is 4.98 Å². The van der Waals surface area contributed by atoms with Crippen molar-refractivity contribution < 1.29 is 4.90 Å². The van der Waals surface area contributed by atoms with E-state index in [1.165, 1.54) is 55.1 Å². The molecule has 2 aliphatic heterocycles. The third-order valence-corrected chi connectivity index (χ3v) is 6.73. The Bertz CT molecular complexity index is 1410. The van der Waals surface area contributed by atoms with Crippen molar-refractivity contribution >= 4 is 17.3 Å². The van der Waals surface area contributed by atoms with Crippen LogP contribution in [0.25, 0.3) is 28.6 Å². The highest BCUT2D eigenvalue weighted by molar-refractivity contribution is 5.87. The van der Waals surface area contributed by atoms with Crippen LogP contribution in [0.5, 0.6) is 0 Å². The molecule has 2 heteroatoms. The van der Waals surface area contributed by atoms with Crippen LogP contribution >= 0.6 is 0 Å². The summed E-state index contributed by atoms with van der Waals surface area (Å²) in [6.07, 6.45) is 11.4. The number of hydrogen-bond acceptors (Lipinski definition) is 0. The lowest BCUT2D eigenvalue weighted by atomic mass is 9.86. The average Bonchev–Trinajstić information content (AvgIpc) is 3.37. The molecule has 0 fully saturated rings. The summed E-state index contributed by atoms with van der Waals surface area (Å²) in [5, 5.41) is 0. The molecule has 0 spiro atoms. The summed E-state index contributed by atoms with van der Waals surface area (Å²) in [5.74, 6) is 0. The van der Waals surface area contributed by atoms with Crippen LogP contribution in [0, 0.1) is 13.8 Å². The fraction of sp³-hybridized carbons (Fsp3) is 0.0968. The van der Waals surface area contributed by atoms with Crippen LogP contribution in [-0.2, 0) is 0 Å². The fourth-order valence-corrected chi connectivity index (χ4v) is 5.30. The largest absolute Gasteiger partial charge is 0.361 e. The fourth-order valence-electron chi connectivity index (χ4n) is 5.30. The molecule has 33 heavy (non-hydrogen) atoms. The molecule has 0 bridgehead atoms. The van der Waals surface area contributed by atoms with E-state index in [2.05, 4.69) is 122 Å². The van der Waals surface area contributed by atoms with Gasteiger partial charge in [-0.3, -0.25) is 4.90 Å². The van der Waals surface area contributed by atoms with Crippen LogP contribution in [0.4, 0.5) is 0 Å². The highest BCUT2D eigenvalue weighted by Crippen LogP contribution is 2.35. The second kappa shape index (κ2) is 7.91. The predicted molar refractivity (Wildman–Crippen MR) is 137 cm³/mol. The van der Waals surface area contributed by atoms with Crippen LogP contribution in [0.2, 0.25) is 0 Å². The molecule has 1 aromatic heterocycles. The van der Waals surface area contributed by atoms with Gasteiger partial charge in [-0.1, -0.05) is 71.8 Å². The maximum Gasteiger partial charge on any atom is 0.145 e. The van der Waals surface area contributed by atoms with Crippen molar-refractivity contribution in [2.45, 2.75) is 19.9 Å². The summed E-state index contributed by atoms with van der Waals surface area (Å²) in [4.78, 5) is 4.76. The smallest absolute Gasteiger partial charge is 0.145 e. The van der Waals surface area contributed by atoms with Gasteiger partial charge in [-0.05, 0) is 60.9 Å². The summed E-state index contributed by atoms with van der Waals surface area (Å²) in [6, 6.07) is 28.8. The Morgan fingerprint density at radius 2 is 1.55 bits per heavy atom. The quantitative estimate of drug-likeness (QED) is 0.380. The normalized spacial score (nSPS) is 18.8. The summed E-state index contributed by atoms with van der Waals surface area (Å²) < 4.78 is 0. The van der Waals surface area contributed by atoms with Crippen LogP contribution in [0.1, 0.15) is 39.4 Å². The molecule has 3 aromatic carbocycles. The average molecular weight is 428 g/mol. The van der Waals surface area contributed by atoms with Crippen molar-refractivity contribution in [2.24, 2.45) is 0 Å². The number of aryl methyl sites for hydroxylation is 2. The van der Waals surface area contributed by atoms with E-state index in [0.717, 1.165) is 5.69 Å². The summed E-state index contributed by atoms with van der Waals surface area (Å²) >= 11 is 0. The molecule has 2 aliphatic rings. The van der Waals surface area contributed by atoms with Crippen LogP contribution in [-0.4, -0.2) is 4.98 Å². The van der Waals surface area contributed by atoms with Gasteiger partial charge >= 0.3 is 0 Å². The van der Waals surface area contributed by atoms with E-state index in [1.807, 2.05) is 6.20 Å². The first kappa shape index (κ1) is 19.8. The molecule has 0 saturated heterocycles. The summed E-state index contributed by atoms with van der Waals surface area (Å²) in [7, 11) is 0. The second-order valence-electron chi connectivity index (χ2n) is 9.08. The van der Waals surface area contributed by atoms with Crippen LogP contribution < -0.4 is 4.90 Å². The molecule has 6 rings (SSSR count). The van der Waals surface area contributed by atoms with E-state index in [1.54, 1.807) is 0 Å². The molecule has 0 saturated carbocycles. The lowest BCUT2D eigenvalue weighted by molar-refractivity contribution is -0.797. The highest BCUT2D eigenvalue weighted by Gasteiger charge is 2.34. The number of nitrogens with one attached hydrogen (secondary N) is 2. The maximum absolute atomic E-state index is 3.40. The minimum atomic E-state index is 0.235. The lowest BCUT2D eigenvalue weighted by Gasteiger charge is -2.33. The van der Waals surface area contributed by atoms with E-state index >= 15 is 0 Å². The van der Waals surface area contributed by atoms with Crippen molar-refractivity contribution in [3.8, 4) is 11.3 Å². The number of quaternary nitrogens is 1. The molecule has 3 heterocycles. The number of H-pyrrole nitrogens is 1. The van der Waals surface area contributed by atoms with Crippen molar-refractivity contribution in [1.29, 1.82) is 0 Å². The molecule has 0 aliphatic carbocycles. The maximum atomic E-state index is 3.40. The molecule has 2 atom stereocenters. The predicted octanol–water partition coefficient (Wildman–Crippen LogP) is 6.35. The van der Waals surface area contributed by atoms with E-state index in [-0.39, 0.29) is 6.04 Å². The Labute approximate surface area is 195 Å². The topological polar surface area (TPSA) is 20.2 Å². The van der Waals surface area contributed by atoms with Gasteiger partial charge in [0.05, 0.1) is 0 Å². The van der Waals surface area contributed by atoms with Gasteiger partial charge in [0.25, 0.3) is 0 Å². The van der Waals surface area contributed by atoms with Crippen LogP contribution in [0.3, 0.4) is 0 Å². The molecule has 2 unspecified atom stereocenters. The third-order valence-electron chi connectivity index (χ3n) is 6.73.